The maximum atomic E-state index is 10.1. The molecule has 0 aliphatic heterocycles. The van der Waals surface area contributed by atoms with Gasteiger partial charge in [0, 0.05) is 0 Å². The summed E-state index contributed by atoms with van der Waals surface area (Å²) in [4.78, 5) is 0. The molecule has 3 saturated carbocycles. The highest BCUT2D eigenvalue weighted by molar-refractivity contribution is 5.27. The van der Waals surface area contributed by atoms with Crippen LogP contribution in [0, 0.1) is 28.6 Å². The maximum absolute atomic E-state index is 10.1. The summed E-state index contributed by atoms with van der Waals surface area (Å²) >= 11 is 0. The van der Waals surface area contributed by atoms with Crippen molar-refractivity contribution >= 4 is 0 Å². The third kappa shape index (κ3) is 2.19. The predicted octanol–water partition coefficient (Wildman–Crippen LogP) is 5.69. The average molecular weight is 341 g/mol. The zero-order valence-corrected chi connectivity index (χ0v) is 15.7. The van der Waals surface area contributed by atoms with Crippen molar-refractivity contribution in [2.75, 3.05) is 0 Å². The van der Waals surface area contributed by atoms with E-state index in [-0.39, 0.29) is 6.10 Å². The van der Waals surface area contributed by atoms with E-state index in [4.69, 9.17) is 4.42 Å². The first-order valence-electron chi connectivity index (χ1n) is 10.4. The van der Waals surface area contributed by atoms with Gasteiger partial charge in [0.2, 0.25) is 0 Å². The van der Waals surface area contributed by atoms with Crippen molar-refractivity contribution in [2.45, 2.75) is 77.2 Å². The second kappa shape index (κ2) is 5.49. The third-order valence-electron chi connectivity index (χ3n) is 9.02. The number of allylic oxidation sites excluding steroid dienone is 1. The standard InChI is InChI=1S/C23H32O2/c1-22-10-7-17(24)13-16(22)3-4-18-20-6-5-19(15-9-12-25-14-15)23(20,2)11-8-21(18)22/h3,9,12,14,17-21,24H,4-8,10-11,13H2,1-2H3/t17-,18-,19+,20-,21-,22-,23+/m0/s1. The minimum atomic E-state index is -0.0957. The number of aliphatic hydroxyl groups is 1. The molecule has 2 heteroatoms. The molecule has 4 aliphatic carbocycles. The van der Waals surface area contributed by atoms with Crippen LogP contribution in [0.3, 0.4) is 0 Å². The average Bonchev–Trinajstić information content (AvgIpc) is 3.22. The predicted molar refractivity (Wildman–Crippen MR) is 99.2 cm³/mol. The largest absolute Gasteiger partial charge is 0.472 e. The van der Waals surface area contributed by atoms with Crippen LogP contribution in [0.4, 0.5) is 0 Å². The summed E-state index contributed by atoms with van der Waals surface area (Å²) in [6.45, 7) is 5.09. The first-order valence-corrected chi connectivity index (χ1v) is 10.4. The molecule has 0 bridgehead atoms. The Morgan fingerprint density at radius 1 is 1.08 bits per heavy atom. The van der Waals surface area contributed by atoms with E-state index < -0.39 is 0 Å². The third-order valence-corrected chi connectivity index (χ3v) is 9.02. The number of hydrogen-bond donors (Lipinski definition) is 1. The molecule has 1 aromatic heterocycles. The van der Waals surface area contributed by atoms with Crippen LogP contribution in [-0.4, -0.2) is 11.2 Å². The molecule has 7 atom stereocenters. The van der Waals surface area contributed by atoms with Crippen molar-refractivity contribution in [2.24, 2.45) is 28.6 Å². The van der Waals surface area contributed by atoms with Gasteiger partial charge < -0.3 is 9.52 Å². The summed E-state index contributed by atoms with van der Waals surface area (Å²) in [6, 6.07) is 2.20. The van der Waals surface area contributed by atoms with Gasteiger partial charge in [0.15, 0.2) is 0 Å². The molecule has 0 spiro atoms. The van der Waals surface area contributed by atoms with Gasteiger partial charge in [0.05, 0.1) is 18.6 Å². The molecule has 25 heavy (non-hydrogen) atoms. The van der Waals surface area contributed by atoms with Crippen molar-refractivity contribution < 1.29 is 9.52 Å². The highest BCUT2D eigenvalue weighted by Gasteiger charge is 2.58. The van der Waals surface area contributed by atoms with Crippen LogP contribution in [0.2, 0.25) is 0 Å². The van der Waals surface area contributed by atoms with Gasteiger partial charge in [-0.15, -0.1) is 0 Å². The second-order valence-electron chi connectivity index (χ2n) is 9.89. The smallest absolute Gasteiger partial charge is 0.0937 e. The molecule has 3 fully saturated rings. The van der Waals surface area contributed by atoms with Gasteiger partial charge in [-0.2, -0.15) is 0 Å². The summed E-state index contributed by atoms with van der Waals surface area (Å²) in [5, 5.41) is 10.1. The summed E-state index contributed by atoms with van der Waals surface area (Å²) in [6.07, 6.45) is 16.1. The van der Waals surface area contributed by atoms with E-state index in [1.54, 1.807) is 5.57 Å². The molecule has 1 N–H and O–H groups in total. The maximum Gasteiger partial charge on any atom is 0.0937 e. The first kappa shape index (κ1) is 16.2. The fourth-order valence-corrected chi connectivity index (χ4v) is 7.66. The number of furan rings is 1. The summed E-state index contributed by atoms with van der Waals surface area (Å²) < 4.78 is 5.42. The van der Waals surface area contributed by atoms with E-state index in [1.807, 2.05) is 12.5 Å². The molecule has 2 nitrogen and oxygen atoms in total. The van der Waals surface area contributed by atoms with Crippen LogP contribution in [-0.2, 0) is 0 Å². The summed E-state index contributed by atoms with van der Waals surface area (Å²) in [7, 11) is 0. The lowest BCUT2D eigenvalue weighted by molar-refractivity contribution is -0.0409. The van der Waals surface area contributed by atoms with E-state index in [1.165, 1.54) is 44.1 Å². The SMILES string of the molecule is C[C@]12CC[C@H]3[C@@H](CC=C4C[C@@H](O)CC[C@@]43C)[C@@H]1CC[C@@H]2c1ccoc1. The summed E-state index contributed by atoms with van der Waals surface area (Å²) in [5.74, 6) is 3.22. The van der Waals surface area contributed by atoms with E-state index >= 15 is 0 Å². The molecule has 4 aliphatic rings. The molecule has 1 aromatic rings. The monoisotopic (exact) mass is 340 g/mol. The van der Waals surface area contributed by atoms with Gasteiger partial charge in [-0.3, -0.25) is 0 Å². The fourth-order valence-electron chi connectivity index (χ4n) is 7.66. The van der Waals surface area contributed by atoms with E-state index in [9.17, 15) is 5.11 Å². The lowest BCUT2D eigenvalue weighted by atomic mass is 9.47. The Balaban J connectivity index is 1.47. The van der Waals surface area contributed by atoms with Gasteiger partial charge >= 0.3 is 0 Å². The van der Waals surface area contributed by atoms with Crippen molar-refractivity contribution in [3.8, 4) is 0 Å². The molecule has 0 saturated heterocycles. The zero-order valence-electron chi connectivity index (χ0n) is 15.7. The van der Waals surface area contributed by atoms with E-state index in [2.05, 4.69) is 26.0 Å². The number of rotatable bonds is 1. The highest BCUT2D eigenvalue weighted by Crippen LogP contribution is 2.67. The molecule has 1 heterocycles. The van der Waals surface area contributed by atoms with Gasteiger partial charge in [0.1, 0.15) is 0 Å². The molecule has 5 rings (SSSR count). The van der Waals surface area contributed by atoms with Crippen LogP contribution >= 0.6 is 0 Å². The molecule has 0 radical (unpaired) electrons. The Labute approximate surface area is 151 Å². The zero-order chi connectivity index (χ0) is 17.2. The van der Waals surface area contributed by atoms with Crippen LogP contribution in [0.15, 0.2) is 34.7 Å². The molecule has 136 valence electrons. The lowest BCUT2D eigenvalue weighted by Crippen LogP contribution is -2.50. The number of aliphatic hydroxyl groups excluding tert-OH is 1. The Morgan fingerprint density at radius 3 is 2.76 bits per heavy atom. The topological polar surface area (TPSA) is 33.4 Å². The second-order valence-corrected chi connectivity index (χ2v) is 9.89. The normalized spacial score (nSPS) is 49.1. The van der Waals surface area contributed by atoms with E-state index in [0.29, 0.717) is 16.7 Å². The molecular weight excluding hydrogens is 308 g/mol. The number of fused-ring (bicyclic) bond motifs is 5. The Bertz CT molecular complexity index is 674. The van der Waals surface area contributed by atoms with Crippen molar-refractivity contribution in [1.29, 1.82) is 0 Å². The van der Waals surface area contributed by atoms with Crippen molar-refractivity contribution in [3.63, 3.8) is 0 Å². The van der Waals surface area contributed by atoms with Crippen LogP contribution in [0.1, 0.15) is 76.7 Å². The van der Waals surface area contributed by atoms with Crippen molar-refractivity contribution in [3.05, 3.63) is 35.8 Å². The lowest BCUT2D eigenvalue weighted by Gasteiger charge is -2.58. The van der Waals surface area contributed by atoms with Crippen molar-refractivity contribution in [1.82, 2.24) is 0 Å². The highest BCUT2D eigenvalue weighted by atomic mass is 16.3. The minimum Gasteiger partial charge on any atom is -0.472 e. The quantitative estimate of drug-likeness (QED) is 0.667. The number of hydrogen-bond acceptors (Lipinski definition) is 2. The van der Waals surface area contributed by atoms with Crippen LogP contribution in [0.5, 0.6) is 0 Å². The van der Waals surface area contributed by atoms with E-state index in [0.717, 1.165) is 30.6 Å². The van der Waals surface area contributed by atoms with Crippen LogP contribution in [0.25, 0.3) is 0 Å². The van der Waals surface area contributed by atoms with Gasteiger partial charge in [-0.25, -0.2) is 0 Å². The van der Waals surface area contributed by atoms with Gasteiger partial charge in [-0.1, -0.05) is 25.5 Å². The summed E-state index contributed by atoms with van der Waals surface area (Å²) in [5.41, 5.74) is 3.82. The minimum absolute atomic E-state index is 0.0957. The molecule has 0 aromatic carbocycles. The Hall–Kier alpha value is -1.02. The van der Waals surface area contributed by atoms with Gasteiger partial charge in [-0.05, 0) is 97.5 Å². The first-order chi connectivity index (χ1) is 12.0. The Kier molecular flexibility index (Phi) is 3.55. The Morgan fingerprint density at radius 2 is 1.96 bits per heavy atom. The van der Waals surface area contributed by atoms with Crippen LogP contribution < -0.4 is 0 Å². The molecular formula is C23H32O2. The van der Waals surface area contributed by atoms with Gasteiger partial charge in [0.25, 0.3) is 0 Å². The molecule has 0 amide bonds. The molecule has 0 unspecified atom stereocenters. The fraction of sp³-hybridized carbons (Fsp3) is 0.739.